The van der Waals surface area contributed by atoms with Gasteiger partial charge in [0.15, 0.2) is 0 Å². The van der Waals surface area contributed by atoms with Crippen molar-refractivity contribution in [2.24, 2.45) is 0 Å². The molecule has 1 rings (SSSR count). The molecule has 23 heavy (non-hydrogen) atoms. The highest BCUT2D eigenvalue weighted by Crippen LogP contribution is 2.38. The molecule has 0 radical (unpaired) electrons. The Kier molecular flexibility index (Phi) is 6.90. The summed E-state index contributed by atoms with van der Waals surface area (Å²) >= 11 is 0. The lowest BCUT2D eigenvalue weighted by molar-refractivity contribution is 0.112. The summed E-state index contributed by atoms with van der Waals surface area (Å²) in [6.07, 6.45) is 8.65. The van der Waals surface area contributed by atoms with Crippen LogP contribution < -0.4 is 9.16 Å². The van der Waals surface area contributed by atoms with E-state index in [-0.39, 0.29) is 5.04 Å². The monoisotopic (exact) mass is 332 g/mol. The highest BCUT2D eigenvalue weighted by Gasteiger charge is 2.39. The van der Waals surface area contributed by atoms with Crippen molar-refractivity contribution in [3.63, 3.8) is 0 Å². The van der Waals surface area contributed by atoms with Gasteiger partial charge in [-0.3, -0.25) is 4.79 Å². The van der Waals surface area contributed by atoms with Crippen molar-refractivity contribution in [2.75, 3.05) is 6.61 Å². The predicted octanol–water partition coefficient (Wildman–Crippen LogP) is 5.07. The molecular formula is C19H28O3Si. The summed E-state index contributed by atoms with van der Waals surface area (Å²) in [4.78, 5) is 11.2. The van der Waals surface area contributed by atoms with Crippen LogP contribution in [0.5, 0.6) is 11.5 Å². The zero-order valence-electron chi connectivity index (χ0n) is 14.9. The van der Waals surface area contributed by atoms with E-state index in [1.807, 2.05) is 6.07 Å². The average molecular weight is 333 g/mol. The van der Waals surface area contributed by atoms with Crippen molar-refractivity contribution in [3.05, 3.63) is 23.8 Å². The number of carbonyl (C=O) groups excluding carboxylic acids is 1. The number of carbonyl (C=O) groups is 1. The zero-order chi connectivity index (χ0) is 17.5. The second-order valence-corrected chi connectivity index (χ2v) is 12.0. The zero-order valence-corrected chi connectivity index (χ0v) is 15.9. The lowest BCUT2D eigenvalue weighted by Crippen LogP contribution is -2.43. The van der Waals surface area contributed by atoms with Crippen molar-refractivity contribution < 1.29 is 14.0 Å². The number of terminal acetylenes is 1. The first-order valence-electron chi connectivity index (χ1n) is 8.05. The van der Waals surface area contributed by atoms with Crippen LogP contribution in [0.25, 0.3) is 0 Å². The van der Waals surface area contributed by atoms with Crippen LogP contribution in [0.2, 0.25) is 18.1 Å². The quantitative estimate of drug-likeness (QED) is 0.289. The van der Waals surface area contributed by atoms with E-state index >= 15 is 0 Å². The largest absolute Gasteiger partial charge is 0.543 e. The fourth-order valence-corrected chi connectivity index (χ4v) is 2.78. The fraction of sp³-hybridized carbons (Fsp3) is 0.526. The van der Waals surface area contributed by atoms with Gasteiger partial charge in [-0.25, -0.2) is 0 Å². The van der Waals surface area contributed by atoms with Gasteiger partial charge in [-0.15, -0.1) is 12.3 Å². The molecular weight excluding hydrogens is 304 g/mol. The molecule has 0 aliphatic rings. The molecule has 1 aromatic rings. The maximum Gasteiger partial charge on any atom is 0.250 e. The SMILES string of the molecule is C#CCCCCOc1cc(C=O)cc(O[Si](C)(C)C(C)(C)C)c1. The summed E-state index contributed by atoms with van der Waals surface area (Å²) in [6.45, 7) is 11.5. The van der Waals surface area contributed by atoms with Crippen molar-refractivity contribution >= 4 is 14.6 Å². The summed E-state index contributed by atoms with van der Waals surface area (Å²) in [6, 6.07) is 5.39. The van der Waals surface area contributed by atoms with Gasteiger partial charge in [0.1, 0.15) is 17.8 Å². The van der Waals surface area contributed by atoms with Crippen molar-refractivity contribution in [2.45, 2.75) is 58.2 Å². The first kappa shape index (κ1) is 19.3. The third kappa shape index (κ3) is 6.11. The lowest BCUT2D eigenvalue weighted by atomic mass is 10.2. The molecule has 0 unspecified atom stereocenters. The minimum Gasteiger partial charge on any atom is -0.543 e. The molecule has 4 heteroatoms. The third-order valence-electron chi connectivity index (χ3n) is 4.20. The van der Waals surface area contributed by atoms with Crippen molar-refractivity contribution in [3.8, 4) is 23.8 Å². The van der Waals surface area contributed by atoms with Crippen LogP contribution in [0, 0.1) is 12.3 Å². The van der Waals surface area contributed by atoms with Crippen LogP contribution in [0.1, 0.15) is 50.4 Å². The Morgan fingerprint density at radius 2 is 1.83 bits per heavy atom. The normalized spacial score (nSPS) is 11.7. The topological polar surface area (TPSA) is 35.5 Å². The van der Waals surface area contributed by atoms with Gasteiger partial charge in [-0.1, -0.05) is 20.8 Å². The molecule has 0 spiro atoms. The lowest BCUT2D eigenvalue weighted by Gasteiger charge is -2.36. The molecule has 0 amide bonds. The Morgan fingerprint density at radius 3 is 2.39 bits per heavy atom. The number of rotatable bonds is 8. The molecule has 0 aliphatic carbocycles. The summed E-state index contributed by atoms with van der Waals surface area (Å²) in [7, 11) is -1.95. The Balaban J connectivity index is 2.83. The minimum atomic E-state index is -1.95. The van der Waals surface area contributed by atoms with Crippen molar-refractivity contribution in [1.82, 2.24) is 0 Å². The maximum absolute atomic E-state index is 11.2. The van der Waals surface area contributed by atoms with Crippen LogP contribution in [-0.4, -0.2) is 21.2 Å². The van der Waals surface area contributed by atoms with E-state index in [0.29, 0.717) is 23.7 Å². The molecule has 0 aromatic heterocycles. The van der Waals surface area contributed by atoms with Gasteiger partial charge in [-0.05, 0) is 43.1 Å². The van der Waals surface area contributed by atoms with Gasteiger partial charge >= 0.3 is 0 Å². The fourth-order valence-electron chi connectivity index (χ4n) is 1.77. The predicted molar refractivity (Wildman–Crippen MR) is 97.8 cm³/mol. The highest BCUT2D eigenvalue weighted by atomic mass is 28.4. The van der Waals surface area contributed by atoms with Crippen LogP contribution in [0.3, 0.4) is 0 Å². The van der Waals surface area contributed by atoms with Gasteiger partial charge in [0.05, 0.1) is 6.61 Å². The molecule has 0 heterocycles. The standard InChI is InChI=1S/C19H28O3Si/c1-7-8-9-10-11-21-17-12-16(15-20)13-18(14-17)22-23(5,6)19(2,3)4/h1,12-15H,8-11H2,2-6H3. The average Bonchev–Trinajstić information content (AvgIpc) is 2.45. The summed E-state index contributed by atoms with van der Waals surface area (Å²) in [5, 5.41) is 0.0976. The second-order valence-electron chi connectivity index (χ2n) is 7.23. The smallest absolute Gasteiger partial charge is 0.250 e. The molecule has 1 aromatic carbocycles. The molecule has 3 nitrogen and oxygen atoms in total. The van der Waals surface area contributed by atoms with Gasteiger partial charge in [0.2, 0.25) is 8.32 Å². The minimum absolute atomic E-state index is 0.0976. The van der Waals surface area contributed by atoms with E-state index in [1.54, 1.807) is 12.1 Å². The van der Waals surface area contributed by atoms with E-state index in [2.05, 4.69) is 39.8 Å². The van der Waals surface area contributed by atoms with Gasteiger partial charge in [0, 0.05) is 18.1 Å². The van der Waals surface area contributed by atoms with E-state index in [0.717, 1.165) is 25.5 Å². The first-order chi connectivity index (χ1) is 10.7. The Hall–Kier alpha value is -1.73. The molecule has 0 fully saturated rings. The molecule has 0 saturated heterocycles. The van der Waals surface area contributed by atoms with Crippen LogP contribution in [0.15, 0.2) is 18.2 Å². The van der Waals surface area contributed by atoms with E-state index in [4.69, 9.17) is 15.6 Å². The number of hydrogen-bond acceptors (Lipinski definition) is 3. The third-order valence-corrected chi connectivity index (χ3v) is 8.56. The van der Waals surface area contributed by atoms with Gasteiger partial charge < -0.3 is 9.16 Å². The Morgan fingerprint density at radius 1 is 1.17 bits per heavy atom. The highest BCUT2D eigenvalue weighted by molar-refractivity contribution is 6.74. The Labute approximate surface area is 141 Å². The molecule has 0 atom stereocenters. The number of hydrogen-bond donors (Lipinski definition) is 0. The van der Waals surface area contributed by atoms with Crippen LogP contribution >= 0.6 is 0 Å². The summed E-state index contributed by atoms with van der Waals surface area (Å²) in [5.41, 5.74) is 0.569. The van der Waals surface area contributed by atoms with Gasteiger partial charge in [-0.2, -0.15) is 0 Å². The summed E-state index contributed by atoms with van der Waals surface area (Å²) < 4.78 is 12.0. The first-order valence-corrected chi connectivity index (χ1v) is 11.0. The van der Waals surface area contributed by atoms with Crippen LogP contribution in [-0.2, 0) is 0 Å². The van der Waals surface area contributed by atoms with Crippen molar-refractivity contribution in [1.29, 1.82) is 0 Å². The van der Waals surface area contributed by atoms with E-state index in [1.165, 1.54) is 0 Å². The Bertz CT molecular complexity index is 565. The van der Waals surface area contributed by atoms with E-state index < -0.39 is 8.32 Å². The summed E-state index contributed by atoms with van der Waals surface area (Å²) in [5.74, 6) is 3.99. The maximum atomic E-state index is 11.2. The second kappa shape index (κ2) is 8.21. The number of unbranched alkanes of at least 4 members (excludes halogenated alkanes) is 2. The number of benzene rings is 1. The van der Waals surface area contributed by atoms with Gasteiger partial charge in [0.25, 0.3) is 0 Å². The molecule has 126 valence electrons. The molecule has 0 N–H and O–H groups in total. The number of ether oxygens (including phenoxy) is 1. The molecule has 0 bridgehead atoms. The molecule has 0 saturated carbocycles. The molecule has 0 aliphatic heterocycles. The number of aldehydes is 1. The van der Waals surface area contributed by atoms with E-state index in [9.17, 15) is 4.79 Å². The van der Waals surface area contributed by atoms with Crippen LogP contribution in [0.4, 0.5) is 0 Å².